The highest BCUT2D eigenvalue weighted by Crippen LogP contribution is 2.12. The standard InChI is InChI=1S/C12H23N3O/c1-14-9-6-13-11(10-14)5-8-15-7-3-2-4-12(15)16/h11,13H,2-10H2,1H3. The molecule has 4 nitrogen and oxygen atoms in total. The first kappa shape index (κ1) is 11.9. The van der Waals surface area contributed by atoms with Gasteiger partial charge in [-0.2, -0.15) is 0 Å². The summed E-state index contributed by atoms with van der Waals surface area (Å²) in [6.45, 7) is 5.24. The number of hydrogen-bond donors (Lipinski definition) is 1. The molecule has 2 rings (SSSR count). The molecule has 2 heterocycles. The minimum Gasteiger partial charge on any atom is -0.343 e. The summed E-state index contributed by atoms with van der Waals surface area (Å²) in [5, 5.41) is 3.52. The van der Waals surface area contributed by atoms with Crippen LogP contribution in [0.3, 0.4) is 0 Å². The van der Waals surface area contributed by atoms with Gasteiger partial charge in [-0.15, -0.1) is 0 Å². The minimum atomic E-state index is 0.357. The molecule has 0 aromatic rings. The van der Waals surface area contributed by atoms with Gasteiger partial charge in [-0.3, -0.25) is 4.79 Å². The third-order valence-corrected chi connectivity index (χ3v) is 3.63. The molecule has 1 amide bonds. The average molecular weight is 225 g/mol. The van der Waals surface area contributed by atoms with Crippen molar-refractivity contribution in [3.05, 3.63) is 0 Å². The van der Waals surface area contributed by atoms with Crippen LogP contribution in [0.1, 0.15) is 25.7 Å². The lowest BCUT2D eigenvalue weighted by atomic mass is 10.1. The fourth-order valence-electron chi connectivity index (χ4n) is 2.59. The van der Waals surface area contributed by atoms with E-state index in [1.54, 1.807) is 0 Å². The number of hydrogen-bond acceptors (Lipinski definition) is 3. The molecule has 0 aliphatic carbocycles. The lowest BCUT2D eigenvalue weighted by Gasteiger charge is -2.33. The van der Waals surface area contributed by atoms with E-state index >= 15 is 0 Å². The van der Waals surface area contributed by atoms with Gasteiger partial charge in [0.15, 0.2) is 0 Å². The first-order valence-electron chi connectivity index (χ1n) is 6.45. The zero-order chi connectivity index (χ0) is 11.4. The Balaban J connectivity index is 1.71. The summed E-state index contributed by atoms with van der Waals surface area (Å²) in [4.78, 5) is 16.0. The molecule has 1 unspecified atom stereocenters. The fourth-order valence-corrected chi connectivity index (χ4v) is 2.59. The predicted molar refractivity (Wildman–Crippen MR) is 64.3 cm³/mol. The zero-order valence-electron chi connectivity index (χ0n) is 10.2. The van der Waals surface area contributed by atoms with Gasteiger partial charge in [0.05, 0.1) is 0 Å². The van der Waals surface area contributed by atoms with Gasteiger partial charge < -0.3 is 15.1 Å². The smallest absolute Gasteiger partial charge is 0.222 e. The van der Waals surface area contributed by atoms with Crippen molar-refractivity contribution in [3.63, 3.8) is 0 Å². The van der Waals surface area contributed by atoms with Gasteiger partial charge in [-0.1, -0.05) is 0 Å². The van der Waals surface area contributed by atoms with E-state index in [1.165, 1.54) is 6.42 Å². The predicted octanol–water partition coefficient (Wildman–Crippen LogP) is 0.293. The molecule has 0 spiro atoms. The van der Waals surface area contributed by atoms with Crippen molar-refractivity contribution in [2.45, 2.75) is 31.7 Å². The van der Waals surface area contributed by atoms with Crippen LogP contribution in [0, 0.1) is 0 Å². The SMILES string of the molecule is CN1CCNC(CCN2CCCCC2=O)C1. The van der Waals surface area contributed by atoms with Gasteiger partial charge in [-0.05, 0) is 26.3 Å². The maximum atomic E-state index is 11.6. The Morgan fingerprint density at radius 3 is 3.00 bits per heavy atom. The number of piperidine rings is 1. The molecule has 0 saturated carbocycles. The third kappa shape index (κ3) is 3.19. The second-order valence-electron chi connectivity index (χ2n) is 5.04. The summed E-state index contributed by atoms with van der Waals surface area (Å²) < 4.78 is 0. The summed E-state index contributed by atoms with van der Waals surface area (Å²) in [5.74, 6) is 0.357. The lowest BCUT2D eigenvalue weighted by molar-refractivity contribution is -0.133. The fraction of sp³-hybridized carbons (Fsp3) is 0.917. The van der Waals surface area contributed by atoms with Crippen molar-refractivity contribution in [1.29, 1.82) is 0 Å². The maximum Gasteiger partial charge on any atom is 0.222 e. The Morgan fingerprint density at radius 1 is 1.38 bits per heavy atom. The Morgan fingerprint density at radius 2 is 2.25 bits per heavy atom. The zero-order valence-corrected chi connectivity index (χ0v) is 10.2. The van der Waals surface area contributed by atoms with E-state index in [1.807, 2.05) is 4.90 Å². The van der Waals surface area contributed by atoms with E-state index in [0.29, 0.717) is 11.9 Å². The first-order chi connectivity index (χ1) is 7.75. The highest BCUT2D eigenvalue weighted by atomic mass is 16.2. The Kier molecular flexibility index (Phi) is 4.18. The van der Waals surface area contributed by atoms with Gasteiger partial charge in [0, 0.05) is 45.2 Å². The average Bonchev–Trinajstić information content (AvgIpc) is 2.28. The van der Waals surface area contributed by atoms with E-state index in [2.05, 4.69) is 17.3 Å². The number of piperazine rings is 1. The monoisotopic (exact) mass is 225 g/mol. The number of rotatable bonds is 3. The minimum absolute atomic E-state index is 0.357. The van der Waals surface area contributed by atoms with Crippen molar-refractivity contribution in [3.8, 4) is 0 Å². The Hall–Kier alpha value is -0.610. The molecule has 1 N–H and O–H groups in total. The molecule has 1 atom stereocenters. The van der Waals surface area contributed by atoms with E-state index in [4.69, 9.17) is 0 Å². The molecular formula is C12H23N3O. The van der Waals surface area contributed by atoms with Crippen molar-refractivity contribution in [2.75, 3.05) is 39.8 Å². The quantitative estimate of drug-likeness (QED) is 0.750. The number of carbonyl (C=O) groups excluding carboxylic acids is 1. The van der Waals surface area contributed by atoms with E-state index in [0.717, 1.165) is 52.0 Å². The van der Waals surface area contributed by atoms with Crippen LogP contribution in [0.15, 0.2) is 0 Å². The molecule has 0 bridgehead atoms. The number of amides is 1. The van der Waals surface area contributed by atoms with Crippen LogP contribution >= 0.6 is 0 Å². The molecule has 2 fully saturated rings. The number of likely N-dealkylation sites (N-methyl/N-ethyl adjacent to an activating group) is 1. The molecule has 92 valence electrons. The Labute approximate surface area is 98.0 Å². The molecule has 2 aliphatic heterocycles. The summed E-state index contributed by atoms with van der Waals surface area (Å²) in [7, 11) is 2.17. The maximum absolute atomic E-state index is 11.6. The number of likely N-dealkylation sites (tertiary alicyclic amines) is 1. The summed E-state index contributed by atoms with van der Waals surface area (Å²) >= 11 is 0. The van der Waals surface area contributed by atoms with Crippen molar-refractivity contribution in [1.82, 2.24) is 15.1 Å². The van der Waals surface area contributed by atoms with Gasteiger partial charge in [-0.25, -0.2) is 0 Å². The van der Waals surface area contributed by atoms with Gasteiger partial charge in [0.25, 0.3) is 0 Å². The van der Waals surface area contributed by atoms with Crippen LogP contribution in [0.4, 0.5) is 0 Å². The van der Waals surface area contributed by atoms with Gasteiger partial charge in [0.1, 0.15) is 0 Å². The number of nitrogens with one attached hydrogen (secondary N) is 1. The van der Waals surface area contributed by atoms with Crippen LogP contribution in [0.5, 0.6) is 0 Å². The summed E-state index contributed by atoms with van der Waals surface area (Å²) in [6.07, 6.45) is 4.12. The highest BCUT2D eigenvalue weighted by Gasteiger charge is 2.21. The van der Waals surface area contributed by atoms with Crippen LogP contribution in [0.25, 0.3) is 0 Å². The summed E-state index contributed by atoms with van der Waals surface area (Å²) in [5.41, 5.74) is 0. The third-order valence-electron chi connectivity index (χ3n) is 3.63. The van der Waals surface area contributed by atoms with Crippen LogP contribution in [-0.2, 0) is 4.79 Å². The number of nitrogens with zero attached hydrogens (tertiary/aromatic N) is 2. The molecular weight excluding hydrogens is 202 g/mol. The van der Waals surface area contributed by atoms with E-state index in [-0.39, 0.29) is 0 Å². The van der Waals surface area contributed by atoms with Crippen LogP contribution in [0.2, 0.25) is 0 Å². The van der Waals surface area contributed by atoms with E-state index in [9.17, 15) is 4.79 Å². The van der Waals surface area contributed by atoms with Crippen LogP contribution < -0.4 is 5.32 Å². The topological polar surface area (TPSA) is 35.6 Å². The second-order valence-corrected chi connectivity index (χ2v) is 5.04. The van der Waals surface area contributed by atoms with Crippen molar-refractivity contribution >= 4 is 5.91 Å². The first-order valence-corrected chi connectivity index (χ1v) is 6.45. The van der Waals surface area contributed by atoms with Gasteiger partial charge >= 0.3 is 0 Å². The van der Waals surface area contributed by atoms with Crippen LogP contribution in [-0.4, -0.2) is 61.5 Å². The highest BCUT2D eigenvalue weighted by molar-refractivity contribution is 5.76. The summed E-state index contributed by atoms with van der Waals surface area (Å²) in [6, 6.07) is 0.563. The molecule has 2 saturated heterocycles. The van der Waals surface area contributed by atoms with Crippen molar-refractivity contribution in [2.24, 2.45) is 0 Å². The molecule has 2 aliphatic rings. The lowest BCUT2D eigenvalue weighted by Crippen LogP contribution is -2.50. The number of carbonyl (C=O) groups is 1. The van der Waals surface area contributed by atoms with E-state index < -0.39 is 0 Å². The molecule has 0 aromatic heterocycles. The second kappa shape index (κ2) is 5.64. The molecule has 0 aromatic carbocycles. The van der Waals surface area contributed by atoms with Crippen molar-refractivity contribution < 1.29 is 4.79 Å². The normalized spacial score (nSPS) is 28.4. The molecule has 16 heavy (non-hydrogen) atoms. The Bertz CT molecular complexity index is 244. The van der Waals surface area contributed by atoms with Gasteiger partial charge in [0.2, 0.25) is 5.91 Å². The molecule has 4 heteroatoms. The largest absolute Gasteiger partial charge is 0.343 e. The molecule has 0 radical (unpaired) electrons.